The number of benzene rings is 2. The highest BCUT2D eigenvalue weighted by Gasteiger charge is 2.10. The lowest BCUT2D eigenvalue weighted by atomic mass is 10.1. The van der Waals surface area contributed by atoms with Crippen LogP contribution in [0.4, 0.5) is 8.78 Å². The van der Waals surface area contributed by atoms with Gasteiger partial charge < -0.3 is 0 Å². The summed E-state index contributed by atoms with van der Waals surface area (Å²) in [4.78, 5) is 0. The highest BCUT2D eigenvalue weighted by Crippen LogP contribution is 2.30. The highest BCUT2D eigenvalue weighted by atomic mass is 79.9. The van der Waals surface area contributed by atoms with Crippen molar-refractivity contribution in [3.05, 3.63) is 57.0 Å². The van der Waals surface area contributed by atoms with Crippen LogP contribution in [0.1, 0.15) is 0 Å². The van der Waals surface area contributed by atoms with Crippen molar-refractivity contribution in [2.24, 2.45) is 0 Å². The van der Waals surface area contributed by atoms with Gasteiger partial charge in [-0.25, -0.2) is 8.78 Å². The van der Waals surface area contributed by atoms with Gasteiger partial charge in [0.1, 0.15) is 0 Å². The molecule has 0 radical (unpaired) electrons. The van der Waals surface area contributed by atoms with Crippen LogP contribution < -0.4 is 0 Å². The van der Waals surface area contributed by atoms with E-state index in [1.165, 1.54) is 6.07 Å². The van der Waals surface area contributed by atoms with Crippen LogP contribution in [0.2, 0.25) is 0 Å². The maximum Gasteiger partial charge on any atom is 0.166 e. The van der Waals surface area contributed by atoms with Crippen LogP contribution in [0.5, 0.6) is 0 Å². The zero-order chi connectivity index (χ0) is 11.7. The van der Waals surface area contributed by atoms with E-state index in [2.05, 4.69) is 31.9 Å². The summed E-state index contributed by atoms with van der Waals surface area (Å²) in [5.74, 6) is -1.67. The van der Waals surface area contributed by atoms with Gasteiger partial charge in [0.15, 0.2) is 11.6 Å². The third kappa shape index (κ3) is 2.33. The molecule has 0 aliphatic rings. The second-order valence-electron chi connectivity index (χ2n) is 3.26. The zero-order valence-electron chi connectivity index (χ0n) is 7.98. The Labute approximate surface area is 109 Å². The maximum absolute atomic E-state index is 13.5. The summed E-state index contributed by atoms with van der Waals surface area (Å²) in [6, 6.07) is 9.45. The van der Waals surface area contributed by atoms with Gasteiger partial charge in [0, 0.05) is 14.5 Å². The van der Waals surface area contributed by atoms with Crippen LogP contribution in [-0.2, 0) is 0 Å². The first-order chi connectivity index (χ1) is 7.58. The molecule has 0 aromatic heterocycles. The lowest BCUT2D eigenvalue weighted by Gasteiger charge is -2.05. The van der Waals surface area contributed by atoms with Gasteiger partial charge >= 0.3 is 0 Å². The average Bonchev–Trinajstić information content (AvgIpc) is 2.20. The van der Waals surface area contributed by atoms with Gasteiger partial charge in [-0.1, -0.05) is 44.0 Å². The molecule has 0 saturated heterocycles. The van der Waals surface area contributed by atoms with E-state index >= 15 is 0 Å². The molecule has 4 heteroatoms. The van der Waals surface area contributed by atoms with Gasteiger partial charge in [0.05, 0.1) is 0 Å². The standard InChI is InChI=1S/C12H6Br2F2/c13-8-4-7(5-9(14)6-8)10-2-1-3-11(15)12(10)16/h1-6H. The second kappa shape index (κ2) is 4.63. The molecule has 0 bridgehead atoms. The summed E-state index contributed by atoms with van der Waals surface area (Å²) in [5, 5.41) is 0. The molecule has 0 saturated carbocycles. The van der Waals surface area contributed by atoms with Crippen molar-refractivity contribution in [1.82, 2.24) is 0 Å². The van der Waals surface area contributed by atoms with Crippen molar-refractivity contribution in [2.75, 3.05) is 0 Å². The molecule has 0 unspecified atom stereocenters. The molecule has 82 valence electrons. The van der Waals surface area contributed by atoms with Crippen LogP contribution in [0.25, 0.3) is 11.1 Å². The Hall–Kier alpha value is -0.740. The summed E-state index contributed by atoms with van der Waals surface area (Å²) in [6.07, 6.45) is 0. The minimum absolute atomic E-state index is 0.252. The van der Waals surface area contributed by atoms with Gasteiger partial charge in [-0.05, 0) is 29.8 Å². The molecule has 0 atom stereocenters. The summed E-state index contributed by atoms with van der Waals surface area (Å²) < 4.78 is 28.2. The molecule has 0 heterocycles. The fourth-order valence-corrected chi connectivity index (χ4v) is 2.73. The summed E-state index contributed by atoms with van der Waals surface area (Å²) in [5.41, 5.74) is 0.875. The zero-order valence-corrected chi connectivity index (χ0v) is 11.1. The van der Waals surface area contributed by atoms with E-state index < -0.39 is 11.6 Å². The van der Waals surface area contributed by atoms with Gasteiger partial charge in [-0.2, -0.15) is 0 Å². The van der Waals surface area contributed by atoms with Crippen LogP contribution >= 0.6 is 31.9 Å². The Balaban J connectivity index is 2.63. The van der Waals surface area contributed by atoms with Crippen LogP contribution in [0.15, 0.2) is 45.3 Å². The number of hydrogen-bond donors (Lipinski definition) is 0. The van der Waals surface area contributed by atoms with Crippen molar-refractivity contribution in [3.8, 4) is 11.1 Å². The van der Waals surface area contributed by atoms with Gasteiger partial charge in [0.2, 0.25) is 0 Å². The van der Waals surface area contributed by atoms with Crippen molar-refractivity contribution in [3.63, 3.8) is 0 Å². The second-order valence-corrected chi connectivity index (χ2v) is 5.09. The molecule has 0 aliphatic carbocycles. The van der Waals surface area contributed by atoms with Crippen molar-refractivity contribution >= 4 is 31.9 Å². The summed E-state index contributed by atoms with van der Waals surface area (Å²) >= 11 is 6.61. The minimum atomic E-state index is -0.839. The Morgan fingerprint density at radius 1 is 0.875 bits per heavy atom. The maximum atomic E-state index is 13.5. The molecular weight excluding hydrogens is 342 g/mol. The first-order valence-electron chi connectivity index (χ1n) is 4.48. The molecule has 0 amide bonds. The van der Waals surface area contributed by atoms with E-state index in [1.807, 2.05) is 6.07 Å². The monoisotopic (exact) mass is 346 g/mol. The van der Waals surface area contributed by atoms with E-state index in [4.69, 9.17) is 0 Å². The topological polar surface area (TPSA) is 0 Å². The quantitative estimate of drug-likeness (QED) is 0.668. The lowest BCUT2D eigenvalue weighted by molar-refractivity contribution is 0.511. The van der Waals surface area contributed by atoms with E-state index in [-0.39, 0.29) is 5.56 Å². The first kappa shape index (κ1) is 11.7. The molecule has 16 heavy (non-hydrogen) atoms. The number of halogens is 4. The highest BCUT2D eigenvalue weighted by molar-refractivity contribution is 9.11. The molecule has 0 fully saturated rings. The number of rotatable bonds is 1. The molecular formula is C12H6Br2F2. The first-order valence-corrected chi connectivity index (χ1v) is 6.07. The van der Waals surface area contributed by atoms with Gasteiger partial charge in [0.25, 0.3) is 0 Å². The predicted molar refractivity (Wildman–Crippen MR) is 67.2 cm³/mol. The SMILES string of the molecule is Fc1cccc(-c2cc(Br)cc(Br)c2)c1F. The lowest BCUT2D eigenvalue weighted by Crippen LogP contribution is -1.89. The Kier molecular flexibility index (Phi) is 3.40. The largest absolute Gasteiger partial charge is 0.204 e. The molecule has 0 spiro atoms. The van der Waals surface area contributed by atoms with E-state index in [0.29, 0.717) is 5.56 Å². The van der Waals surface area contributed by atoms with Crippen LogP contribution in [0.3, 0.4) is 0 Å². The third-order valence-electron chi connectivity index (χ3n) is 2.13. The Morgan fingerprint density at radius 2 is 1.50 bits per heavy atom. The molecule has 2 rings (SSSR count). The Morgan fingerprint density at radius 3 is 2.12 bits per heavy atom. The molecule has 0 aliphatic heterocycles. The molecule has 2 aromatic rings. The third-order valence-corrected chi connectivity index (χ3v) is 3.04. The van der Waals surface area contributed by atoms with Crippen molar-refractivity contribution < 1.29 is 8.78 Å². The fraction of sp³-hybridized carbons (Fsp3) is 0. The van der Waals surface area contributed by atoms with E-state index in [1.54, 1.807) is 18.2 Å². The fourth-order valence-electron chi connectivity index (χ4n) is 1.44. The smallest absolute Gasteiger partial charge is 0.166 e. The van der Waals surface area contributed by atoms with Crippen molar-refractivity contribution in [2.45, 2.75) is 0 Å². The van der Waals surface area contributed by atoms with Gasteiger partial charge in [-0.15, -0.1) is 0 Å². The van der Waals surface area contributed by atoms with Crippen LogP contribution in [-0.4, -0.2) is 0 Å². The predicted octanol–water partition coefficient (Wildman–Crippen LogP) is 5.16. The normalized spacial score (nSPS) is 10.5. The average molecular weight is 348 g/mol. The summed E-state index contributed by atoms with van der Waals surface area (Å²) in [7, 11) is 0. The van der Waals surface area contributed by atoms with E-state index in [9.17, 15) is 8.78 Å². The Bertz CT molecular complexity index is 518. The van der Waals surface area contributed by atoms with Crippen molar-refractivity contribution in [1.29, 1.82) is 0 Å². The molecule has 0 nitrogen and oxygen atoms in total. The van der Waals surface area contributed by atoms with Crippen LogP contribution in [0, 0.1) is 11.6 Å². The summed E-state index contributed by atoms with van der Waals surface area (Å²) in [6.45, 7) is 0. The molecule has 0 N–H and O–H groups in total. The number of hydrogen-bond acceptors (Lipinski definition) is 0. The minimum Gasteiger partial charge on any atom is -0.204 e. The van der Waals surface area contributed by atoms with E-state index in [0.717, 1.165) is 15.0 Å². The van der Waals surface area contributed by atoms with Gasteiger partial charge in [-0.3, -0.25) is 0 Å². The molecule has 2 aromatic carbocycles.